The minimum Gasteiger partial charge on any atom is -0.456 e. The van der Waals surface area contributed by atoms with Crippen molar-refractivity contribution >= 4 is 32.3 Å². The maximum absolute atomic E-state index is 6.89. The molecule has 1 aliphatic heterocycles. The second kappa shape index (κ2) is 9.56. The molecule has 0 radical (unpaired) electrons. The van der Waals surface area contributed by atoms with Crippen LogP contribution in [0.2, 0.25) is 0 Å². The molecule has 0 unspecified atom stereocenters. The molecule has 0 bridgehead atoms. The highest BCUT2D eigenvalue weighted by Crippen LogP contribution is 2.51. The van der Waals surface area contributed by atoms with Crippen molar-refractivity contribution in [2.24, 2.45) is 5.41 Å². The smallest absolute Gasteiger partial charge is 0.163 e. The van der Waals surface area contributed by atoms with Crippen molar-refractivity contribution < 1.29 is 4.74 Å². The monoisotopic (exact) mass is 580 g/mol. The zero-order chi connectivity index (χ0) is 31.2. The Balaban J connectivity index is 1.47. The normalized spacial score (nSPS) is 13.4. The molecule has 0 spiro atoms. The standard InChI is InChI=1S/C39H40N4O/c1-37(2,3)21-29-25-13-11-10-12-22(25)18-28-32-31-26(16-17-40-32)27-19-24(15-14-23(27)20-30(31)44-33(28)29)34-41-35(38(4,5)6)43-36(42-34)39(7,8)9/h10-20H,21H2,1-9H3. The fourth-order valence-corrected chi connectivity index (χ4v) is 6.18. The molecule has 2 aromatic heterocycles. The van der Waals surface area contributed by atoms with Crippen molar-refractivity contribution in [2.45, 2.75) is 79.6 Å². The van der Waals surface area contributed by atoms with Crippen molar-refractivity contribution in [3.8, 4) is 34.1 Å². The van der Waals surface area contributed by atoms with Gasteiger partial charge in [-0.15, -0.1) is 0 Å². The third-order valence-corrected chi connectivity index (χ3v) is 8.34. The lowest BCUT2D eigenvalue weighted by molar-refractivity contribution is 0.400. The molecule has 6 aromatic rings. The van der Waals surface area contributed by atoms with Crippen LogP contribution in [0, 0.1) is 5.41 Å². The van der Waals surface area contributed by atoms with Gasteiger partial charge < -0.3 is 4.74 Å². The third kappa shape index (κ3) is 4.79. The van der Waals surface area contributed by atoms with E-state index in [0.717, 1.165) is 67.9 Å². The SMILES string of the molecule is CC(C)(C)Cc1c2c(cc3ccccc13)-c1nccc3c1c(cc1ccc(-c4nc(C(C)(C)C)nc(C(C)(C)C)n4)cc13)O2. The Hall–Kier alpha value is -4.38. The number of rotatable bonds is 2. The Morgan fingerprint density at radius 2 is 1.34 bits per heavy atom. The molecule has 7 rings (SSSR count). The maximum atomic E-state index is 6.89. The van der Waals surface area contributed by atoms with E-state index in [1.165, 1.54) is 16.3 Å². The van der Waals surface area contributed by atoms with Crippen LogP contribution < -0.4 is 4.74 Å². The molecule has 0 atom stereocenters. The lowest BCUT2D eigenvalue weighted by Crippen LogP contribution is -2.24. The minimum absolute atomic E-state index is 0.0928. The van der Waals surface area contributed by atoms with Gasteiger partial charge in [-0.1, -0.05) is 98.7 Å². The Kier molecular flexibility index (Phi) is 6.17. The number of fused-ring (bicyclic) bond motifs is 5. The topological polar surface area (TPSA) is 60.8 Å². The average Bonchev–Trinajstić information content (AvgIpc) is 2.96. The summed E-state index contributed by atoms with van der Waals surface area (Å²) in [7, 11) is 0. The van der Waals surface area contributed by atoms with E-state index in [1.54, 1.807) is 0 Å². The summed E-state index contributed by atoms with van der Waals surface area (Å²) in [5.74, 6) is 4.09. The highest BCUT2D eigenvalue weighted by molar-refractivity contribution is 6.17. The Bertz CT molecular complexity index is 2090. The molecule has 44 heavy (non-hydrogen) atoms. The zero-order valence-corrected chi connectivity index (χ0v) is 27.3. The number of hydrogen-bond acceptors (Lipinski definition) is 5. The fraction of sp³-hybridized carbons (Fsp3) is 0.333. The molecule has 3 heterocycles. The zero-order valence-electron chi connectivity index (χ0n) is 27.3. The number of benzene rings is 4. The molecule has 0 saturated carbocycles. The van der Waals surface area contributed by atoms with E-state index >= 15 is 0 Å². The number of nitrogens with zero attached hydrogens (tertiary/aromatic N) is 4. The van der Waals surface area contributed by atoms with Crippen molar-refractivity contribution in [3.63, 3.8) is 0 Å². The summed E-state index contributed by atoms with van der Waals surface area (Å²) in [6, 6.07) is 21.6. The van der Waals surface area contributed by atoms with Crippen LogP contribution in [0.3, 0.4) is 0 Å². The van der Waals surface area contributed by atoms with E-state index < -0.39 is 0 Å². The molecule has 0 fully saturated rings. The van der Waals surface area contributed by atoms with Crippen LogP contribution in [0.15, 0.2) is 66.9 Å². The van der Waals surface area contributed by atoms with E-state index in [1.807, 2.05) is 6.20 Å². The summed E-state index contributed by atoms with van der Waals surface area (Å²) < 4.78 is 6.89. The Morgan fingerprint density at radius 1 is 0.659 bits per heavy atom. The Morgan fingerprint density at radius 3 is 2.02 bits per heavy atom. The second-order valence-electron chi connectivity index (χ2n) is 15.5. The Labute approximate surface area is 259 Å². The largest absolute Gasteiger partial charge is 0.456 e. The first kappa shape index (κ1) is 28.4. The van der Waals surface area contributed by atoms with Crippen LogP contribution in [0.25, 0.3) is 55.0 Å². The lowest BCUT2D eigenvalue weighted by atomic mass is 9.83. The predicted molar refractivity (Wildman–Crippen MR) is 182 cm³/mol. The van der Waals surface area contributed by atoms with E-state index in [4.69, 9.17) is 24.7 Å². The van der Waals surface area contributed by atoms with E-state index in [2.05, 4.69) is 123 Å². The maximum Gasteiger partial charge on any atom is 0.163 e. The fourth-order valence-electron chi connectivity index (χ4n) is 6.18. The van der Waals surface area contributed by atoms with Gasteiger partial charge in [0, 0.05) is 33.7 Å². The van der Waals surface area contributed by atoms with Gasteiger partial charge in [0.15, 0.2) is 5.82 Å². The summed E-state index contributed by atoms with van der Waals surface area (Å²) >= 11 is 0. The third-order valence-electron chi connectivity index (χ3n) is 8.34. The van der Waals surface area contributed by atoms with Crippen molar-refractivity contribution in [3.05, 3.63) is 84.1 Å². The van der Waals surface area contributed by atoms with Gasteiger partial charge in [0.1, 0.15) is 23.1 Å². The number of aromatic nitrogens is 4. The van der Waals surface area contributed by atoms with Gasteiger partial charge in [0.05, 0.1) is 11.1 Å². The molecule has 1 aliphatic rings. The van der Waals surface area contributed by atoms with E-state index in [0.29, 0.717) is 5.82 Å². The van der Waals surface area contributed by atoms with Gasteiger partial charge in [-0.25, -0.2) is 15.0 Å². The van der Waals surface area contributed by atoms with Crippen molar-refractivity contribution in [1.29, 1.82) is 0 Å². The van der Waals surface area contributed by atoms with Crippen molar-refractivity contribution in [1.82, 2.24) is 19.9 Å². The van der Waals surface area contributed by atoms with Crippen LogP contribution >= 0.6 is 0 Å². The number of hydrogen-bond donors (Lipinski definition) is 0. The molecule has 0 N–H and O–H groups in total. The van der Waals surface area contributed by atoms with Crippen LogP contribution in [-0.2, 0) is 17.3 Å². The number of pyridine rings is 1. The first-order valence-electron chi connectivity index (χ1n) is 15.5. The van der Waals surface area contributed by atoms with Gasteiger partial charge in [-0.05, 0) is 63.0 Å². The summed E-state index contributed by atoms with van der Waals surface area (Å²) in [5, 5.41) is 6.84. The first-order valence-corrected chi connectivity index (χ1v) is 15.5. The van der Waals surface area contributed by atoms with Crippen LogP contribution in [0.4, 0.5) is 0 Å². The molecule has 0 aliphatic carbocycles. The summed E-state index contributed by atoms with van der Waals surface area (Å²) in [4.78, 5) is 19.8. The number of ether oxygens (including phenoxy) is 1. The summed E-state index contributed by atoms with van der Waals surface area (Å²) in [6.45, 7) is 19.7. The van der Waals surface area contributed by atoms with Gasteiger partial charge in [0.25, 0.3) is 0 Å². The second-order valence-corrected chi connectivity index (χ2v) is 15.5. The van der Waals surface area contributed by atoms with E-state index in [-0.39, 0.29) is 16.2 Å². The first-order chi connectivity index (χ1) is 20.7. The average molecular weight is 581 g/mol. The molecule has 5 nitrogen and oxygen atoms in total. The summed E-state index contributed by atoms with van der Waals surface area (Å²) in [6.07, 6.45) is 2.83. The van der Waals surface area contributed by atoms with Crippen LogP contribution in [0.5, 0.6) is 11.5 Å². The van der Waals surface area contributed by atoms with Gasteiger partial charge in [0.2, 0.25) is 0 Å². The molecule has 0 saturated heterocycles. The van der Waals surface area contributed by atoms with Gasteiger partial charge >= 0.3 is 0 Å². The van der Waals surface area contributed by atoms with E-state index in [9.17, 15) is 0 Å². The molecule has 4 aromatic carbocycles. The predicted octanol–water partition coefficient (Wildman–Crippen LogP) is 10.3. The molecule has 5 heteroatoms. The van der Waals surface area contributed by atoms with Gasteiger partial charge in [-0.3, -0.25) is 4.98 Å². The molecule has 0 amide bonds. The lowest BCUT2D eigenvalue weighted by Gasteiger charge is -2.27. The van der Waals surface area contributed by atoms with Crippen LogP contribution in [0.1, 0.15) is 79.5 Å². The van der Waals surface area contributed by atoms with Gasteiger partial charge in [-0.2, -0.15) is 0 Å². The highest BCUT2D eigenvalue weighted by Gasteiger charge is 2.29. The molecular formula is C39H40N4O. The highest BCUT2D eigenvalue weighted by atomic mass is 16.5. The molecule has 222 valence electrons. The van der Waals surface area contributed by atoms with Crippen molar-refractivity contribution in [2.75, 3.05) is 0 Å². The minimum atomic E-state index is -0.200. The summed E-state index contributed by atoms with van der Waals surface area (Å²) in [5.41, 5.74) is 3.93. The van der Waals surface area contributed by atoms with Crippen LogP contribution in [-0.4, -0.2) is 19.9 Å². The quantitative estimate of drug-likeness (QED) is 0.190. The molecular weight excluding hydrogens is 540 g/mol.